The number of halogens is 1. The lowest BCUT2D eigenvalue weighted by atomic mass is 10.0. The van der Waals surface area contributed by atoms with Crippen molar-refractivity contribution in [1.29, 1.82) is 0 Å². The fourth-order valence-corrected chi connectivity index (χ4v) is 3.27. The van der Waals surface area contributed by atoms with E-state index in [1.165, 1.54) is 18.2 Å². The molecule has 1 saturated carbocycles. The Morgan fingerprint density at radius 2 is 2.05 bits per heavy atom. The Hall–Kier alpha value is -2.11. The number of aliphatic carboxylic acids is 1. The first kappa shape index (κ1) is 14.8. The maximum absolute atomic E-state index is 13.3. The van der Waals surface area contributed by atoms with Gasteiger partial charge in [-0.1, -0.05) is 0 Å². The van der Waals surface area contributed by atoms with Crippen LogP contribution >= 0.6 is 0 Å². The summed E-state index contributed by atoms with van der Waals surface area (Å²) in [7, 11) is 0. The van der Waals surface area contributed by atoms with Crippen molar-refractivity contribution in [3.8, 4) is 5.75 Å². The van der Waals surface area contributed by atoms with Crippen LogP contribution in [0, 0.1) is 17.7 Å². The number of hydrogen-bond donors (Lipinski definition) is 1. The summed E-state index contributed by atoms with van der Waals surface area (Å²) in [6, 6.07) is 4.12. The number of nitrogens with zero attached hydrogens (tertiary/aromatic N) is 1. The minimum absolute atomic E-state index is 0.0910. The summed E-state index contributed by atoms with van der Waals surface area (Å²) < 4.78 is 18.9. The second kappa shape index (κ2) is 5.59. The molecule has 1 heterocycles. The highest BCUT2D eigenvalue weighted by Crippen LogP contribution is 2.38. The summed E-state index contributed by atoms with van der Waals surface area (Å²) in [5.74, 6) is -1.71. The highest BCUT2D eigenvalue weighted by molar-refractivity contribution is 5.97. The highest BCUT2D eigenvalue weighted by Gasteiger charge is 2.38. The third-order valence-electron chi connectivity index (χ3n) is 4.38. The van der Waals surface area contributed by atoms with Gasteiger partial charge in [-0.3, -0.25) is 9.59 Å². The van der Waals surface area contributed by atoms with E-state index in [0.717, 1.165) is 0 Å². The van der Waals surface area contributed by atoms with Crippen LogP contribution in [0.2, 0.25) is 0 Å². The summed E-state index contributed by atoms with van der Waals surface area (Å²) in [6.07, 6.45) is 1.26. The lowest BCUT2D eigenvalue weighted by Crippen LogP contribution is -2.44. The molecular weight excluding hydrogens is 289 g/mol. The molecule has 1 amide bonds. The van der Waals surface area contributed by atoms with Gasteiger partial charge in [0.15, 0.2) is 0 Å². The first-order chi connectivity index (χ1) is 10.5. The first-order valence-corrected chi connectivity index (χ1v) is 7.46. The number of amides is 1. The van der Waals surface area contributed by atoms with Crippen molar-refractivity contribution in [3.63, 3.8) is 0 Å². The van der Waals surface area contributed by atoms with Gasteiger partial charge in [-0.15, -0.1) is 0 Å². The topological polar surface area (TPSA) is 66.8 Å². The van der Waals surface area contributed by atoms with Crippen LogP contribution in [0.4, 0.5) is 10.1 Å². The Balaban J connectivity index is 1.83. The van der Waals surface area contributed by atoms with E-state index in [-0.39, 0.29) is 17.9 Å². The second-order valence-electron chi connectivity index (χ2n) is 6.03. The maximum atomic E-state index is 13.3. The molecule has 118 valence electrons. The zero-order chi connectivity index (χ0) is 15.9. The largest absolute Gasteiger partial charge is 0.487 e. The molecule has 1 N–H and O–H groups in total. The molecule has 0 spiro atoms. The average molecular weight is 307 g/mol. The van der Waals surface area contributed by atoms with Crippen LogP contribution in [0.25, 0.3) is 0 Å². The number of fused-ring (bicyclic) bond motifs is 1. The zero-order valence-electron chi connectivity index (χ0n) is 12.3. The number of benzene rings is 1. The first-order valence-electron chi connectivity index (χ1n) is 7.46. The molecule has 1 aliphatic heterocycles. The molecule has 1 aliphatic carbocycles. The molecule has 1 aromatic rings. The van der Waals surface area contributed by atoms with E-state index in [9.17, 15) is 14.0 Å². The monoisotopic (exact) mass is 307 g/mol. The molecule has 22 heavy (non-hydrogen) atoms. The minimum Gasteiger partial charge on any atom is -0.487 e. The number of carbonyl (C=O) groups excluding carboxylic acids is 1. The Labute approximate surface area is 127 Å². The summed E-state index contributed by atoms with van der Waals surface area (Å²) in [5, 5.41) is 9.07. The van der Waals surface area contributed by atoms with E-state index in [2.05, 4.69) is 0 Å². The third kappa shape index (κ3) is 2.65. The quantitative estimate of drug-likeness (QED) is 0.911. The minimum atomic E-state index is -0.840. The van der Waals surface area contributed by atoms with E-state index < -0.39 is 17.7 Å². The molecule has 0 radical (unpaired) electrons. The van der Waals surface area contributed by atoms with Gasteiger partial charge in [0.1, 0.15) is 17.7 Å². The predicted octanol–water partition coefficient (Wildman–Crippen LogP) is 2.44. The Morgan fingerprint density at radius 3 is 2.73 bits per heavy atom. The molecule has 1 fully saturated rings. The lowest BCUT2D eigenvalue weighted by Gasteiger charge is -2.34. The molecule has 1 unspecified atom stereocenters. The second-order valence-corrected chi connectivity index (χ2v) is 6.03. The summed E-state index contributed by atoms with van der Waals surface area (Å²) in [6.45, 7) is 2.22. The number of rotatable bonds is 2. The van der Waals surface area contributed by atoms with Gasteiger partial charge in [0.25, 0.3) is 0 Å². The normalized spacial score (nSPS) is 27.2. The molecular formula is C16H18FNO4. The zero-order valence-corrected chi connectivity index (χ0v) is 12.3. The Kier molecular flexibility index (Phi) is 3.76. The molecule has 6 heteroatoms. The predicted molar refractivity (Wildman–Crippen MR) is 77.3 cm³/mol. The average Bonchev–Trinajstić information content (AvgIpc) is 2.95. The standard InChI is InChI=1S/C16H18FNO4/c1-9-8-18(13-5-4-12(17)7-14(13)22-9)15(19)10-2-3-11(6-10)16(20)21/h4-5,7,9-11H,2-3,6,8H2,1H3,(H,20,21)/t9?,10-,11+/m1/s1. The smallest absolute Gasteiger partial charge is 0.306 e. The number of carboxylic acid groups (broad SMARTS) is 1. The number of anilines is 1. The maximum Gasteiger partial charge on any atom is 0.306 e. The number of ether oxygens (including phenoxy) is 1. The summed E-state index contributed by atoms with van der Waals surface area (Å²) in [5.41, 5.74) is 0.559. The van der Waals surface area contributed by atoms with Crippen molar-refractivity contribution in [3.05, 3.63) is 24.0 Å². The van der Waals surface area contributed by atoms with E-state index in [0.29, 0.717) is 37.2 Å². The van der Waals surface area contributed by atoms with Gasteiger partial charge in [0.05, 0.1) is 18.2 Å². The number of carbonyl (C=O) groups is 2. The molecule has 5 nitrogen and oxygen atoms in total. The van der Waals surface area contributed by atoms with Gasteiger partial charge in [-0.2, -0.15) is 0 Å². The van der Waals surface area contributed by atoms with Crippen molar-refractivity contribution in [2.75, 3.05) is 11.4 Å². The molecule has 3 atom stereocenters. The number of carboxylic acids is 1. The van der Waals surface area contributed by atoms with Crippen molar-refractivity contribution < 1.29 is 23.8 Å². The van der Waals surface area contributed by atoms with Crippen LogP contribution < -0.4 is 9.64 Å². The van der Waals surface area contributed by atoms with Gasteiger partial charge in [0, 0.05) is 12.0 Å². The van der Waals surface area contributed by atoms with E-state index in [4.69, 9.17) is 9.84 Å². The molecule has 2 aliphatic rings. The van der Waals surface area contributed by atoms with E-state index >= 15 is 0 Å². The molecule has 0 bridgehead atoms. The fraction of sp³-hybridized carbons (Fsp3) is 0.500. The Bertz CT molecular complexity index is 618. The van der Waals surface area contributed by atoms with Crippen LogP contribution in [0.15, 0.2) is 18.2 Å². The van der Waals surface area contributed by atoms with Crippen LogP contribution in [0.5, 0.6) is 5.75 Å². The van der Waals surface area contributed by atoms with Gasteiger partial charge in [0.2, 0.25) is 5.91 Å². The summed E-state index contributed by atoms with van der Waals surface area (Å²) in [4.78, 5) is 25.4. The SMILES string of the molecule is CC1CN(C(=O)[C@@H]2CC[C@H](C(=O)O)C2)c2ccc(F)cc2O1. The highest BCUT2D eigenvalue weighted by atomic mass is 19.1. The van der Waals surface area contributed by atoms with Gasteiger partial charge in [-0.25, -0.2) is 4.39 Å². The van der Waals surface area contributed by atoms with Gasteiger partial charge in [-0.05, 0) is 38.3 Å². The van der Waals surface area contributed by atoms with Crippen molar-refractivity contribution in [1.82, 2.24) is 0 Å². The van der Waals surface area contributed by atoms with Crippen molar-refractivity contribution in [2.24, 2.45) is 11.8 Å². The number of hydrogen-bond acceptors (Lipinski definition) is 3. The van der Waals surface area contributed by atoms with Crippen molar-refractivity contribution >= 4 is 17.6 Å². The molecule has 0 saturated heterocycles. The summed E-state index contributed by atoms with van der Waals surface area (Å²) >= 11 is 0. The van der Waals surface area contributed by atoms with Crippen LogP contribution in [0.1, 0.15) is 26.2 Å². The molecule has 1 aromatic carbocycles. The molecule has 3 rings (SSSR count). The van der Waals surface area contributed by atoms with Crippen LogP contribution in [0.3, 0.4) is 0 Å². The van der Waals surface area contributed by atoms with E-state index in [1.807, 2.05) is 6.92 Å². The molecule has 0 aromatic heterocycles. The van der Waals surface area contributed by atoms with Crippen LogP contribution in [-0.4, -0.2) is 29.6 Å². The third-order valence-corrected chi connectivity index (χ3v) is 4.38. The lowest BCUT2D eigenvalue weighted by molar-refractivity contribution is -0.141. The van der Waals surface area contributed by atoms with Crippen molar-refractivity contribution in [2.45, 2.75) is 32.3 Å². The fourth-order valence-electron chi connectivity index (χ4n) is 3.27. The van der Waals surface area contributed by atoms with E-state index in [1.54, 1.807) is 4.90 Å². The van der Waals surface area contributed by atoms with Crippen LogP contribution in [-0.2, 0) is 9.59 Å². The van der Waals surface area contributed by atoms with Gasteiger partial charge >= 0.3 is 5.97 Å². The Morgan fingerprint density at radius 1 is 1.32 bits per heavy atom. The van der Waals surface area contributed by atoms with Gasteiger partial charge < -0.3 is 14.7 Å².